The Balaban J connectivity index is 2.05. The Morgan fingerprint density at radius 2 is 1.55 bits per heavy atom. The van der Waals surface area contributed by atoms with Crippen molar-refractivity contribution in [3.8, 4) is 5.75 Å². The van der Waals surface area contributed by atoms with Crippen molar-refractivity contribution in [2.45, 2.75) is 12.5 Å². The maximum Gasteiger partial charge on any atom is 0.501 e. The van der Waals surface area contributed by atoms with E-state index in [1.54, 1.807) is 12.1 Å². The predicted octanol–water partition coefficient (Wildman–Crippen LogP) is 3.33. The summed E-state index contributed by atoms with van der Waals surface area (Å²) in [4.78, 5) is 10.3. The van der Waals surface area contributed by atoms with Crippen molar-refractivity contribution in [3.05, 3.63) is 65.7 Å². The van der Waals surface area contributed by atoms with E-state index in [1.165, 1.54) is 12.1 Å². The summed E-state index contributed by atoms with van der Waals surface area (Å²) in [6, 6.07) is 15.6. The first-order valence-electron chi connectivity index (χ1n) is 5.90. The van der Waals surface area contributed by atoms with Crippen molar-refractivity contribution in [3.63, 3.8) is 0 Å². The highest BCUT2D eigenvalue weighted by Crippen LogP contribution is 2.22. The molecule has 0 aliphatic heterocycles. The van der Waals surface area contributed by atoms with Crippen LogP contribution in [0.3, 0.4) is 0 Å². The van der Waals surface area contributed by atoms with Gasteiger partial charge in [-0.05, 0) is 29.7 Å². The number of carboxylic acids is 1. The van der Waals surface area contributed by atoms with Gasteiger partial charge in [0.05, 0.1) is 0 Å². The number of alkyl halides is 2. The highest BCUT2D eigenvalue weighted by molar-refractivity contribution is 5.73. The standard InChI is InChI=1S/C15H12F2O3/c16-15(17,14(18)19)20-13-8-6-12(7-9-13)10-11-4-2-1-3-5-11/h1-9H,10H2,(H,18,19). The van der Waals surface area contributed by atoms with Crippen LogP contribution in [0.5, 0.6) is 5.75 Å². The van der Waals surface area contributed by atoms with Crippen LogP contribution in [-0.4, -0.2) is 17.2 Å². The summed E-state index contributed by atoms with van der Waals surface area (Å²) in [5, 5.41) is 8.28. The third-order valence-corrected chi connectivity index (χ3v) is 2.67. The number of halogens is 2. The minimum atomic E-state index is -4.22. The van der Waals surface area contributed by atoms with E-state index in [2.05, 4.69) is 4.74 Å². The molecule has 0 unspecified atom stereocenters. The molecule has 2 aromatic carbocycles. The summed E-state index contributed by atoms with van der Waals surface area (Å²) in [6.45, 7) is 0. The molecule has 104 valence electrons. The molecule has 0 aliphatic carbocycles. The van der Waals surface area contributed by atoms with Gasteiger partial charge in [-0.2, -0.15) is 8.78 Å². The lowest BCUT2D eigenvalue weighted by atomic mass is 10.1. The second kappa shape index (κ2) is 5.69. The van der Waals surface area contributed by atoms with Gasteiger partial charge in [0.1, 0.15) is 5.75 Å². The average molecular weight is 278 g/mol. The first-order valence-corrected chi connectivity index (χ1v) is 5.90. The molecule has 0 bridgehead atoms. The van der Waals surface area contributed by atoms with Gasteiger partial charge in [0, 0.05) is 0 Å². The second-order valence-corrected chi connectivity index (χ2v) is 4.23. The van der Waals surface area contributed by atoms with Crippen LogP contribution in [0.2, 0.25) is 0 Å². The van der Waals surface area contributed by atoms with Crippen LogP contribution in [0.1, 0.15) is 11.1 Å². The van der Waals surface area contributed by atoms with Gasteiger partial charge in [-0.3, -0.25) is 0 Å². The van der Waals surface area contributed by atoms with Crippen molar-refractivity contribution >= 4 is 5.97 Å². The van der Waals surface area contributed by atoms with E-state index < -0.39 is 12.1 Å². The van der Waals surface area contributed by atoms with Gasteiger partial charge in [0.2, 0.25) is 0 Å². The summed E-state index contributed by atoms with van der Waals surface area (Å²) < 4.78 is 29.9. The minimum Gasteiger partial charge on any atom is -0.474 e. The van der Waals surface area contributed by atoms with Gasteiger partial charge in [0.25, 0.3) is 0 Å². The van der Waals surface area contributed by atoms with Crippen LogP contribution in [0.15, 0.2) is 54.6 Å². The highest BCUT2D eigenvalue weighted by atomic mass is 19.3. The summed E-state index contributed by atoms with van der Waals surface area (Å²) in [5.41, 5.74) is 2.01. The number of rotatable bonds is 5. The van der Waals surface area contributed by atoms with Crippen molar-refractivity contribution in [2.24, 2.45) is 0 Å². The lowest BCUT2D eigenvalue weighted by Gasteiger charge is -2.13. The van der Waals surface area contributed by atoms with Crippen LogP contribution in [-0.2, 0) is 11.2 Å². The molecular formula is C15H12F2O3. The smallest absolute Gasteiger partial charge is 0.474 e. The zero-order chi connectivity index (χ0) is 14.6. The number of carboxylic acid groups (broad SMARTS) is 1. The van der Waals surface area contributed by atoms with E-state index >= 15 is 0 Å². The van der Waals surface area contributed by atoms with E-state index in [0.29, 0.717) is 6.42 Å². The Bertz CT molecular complexity index is 580. The Morgan fingerprint density at radius 3 is 2.10 bits per heavy atom. The third-order valence-electron chi connectivity index (χ3n) is 2.67. The van der Waals surface area contributed by atoms with E-state index in [4.69, 9.17) is 5.11 Å². The largest absolute Gasteiger partial charge is 0.501 e. The molecule has 2 aromatic rings. The average Bonchev–Trinajstić information content (AvgIpc) is 2.42. The van der Waals surface area contributed by atoms with Crippen LogP contribution < -0.4 is 4.74 Å². The number of hydrogen-bond acceptors (Lipinski definition) is 2. The Labute approximate surface area is 114 Å². The molecule has 0 fully saturated rings. The molecule has 3 nitrogen and oxygen atoms in total. The molecule has 0 saturated carbocycles. The van der Waals surface area contributed by atoms with Crippen LogP contribution in [0, 0.1) is 0 Å². The van der Waals surface area contributed by atoms with Gasteiger partial charge in [-0.15, -0.1) is 0 Å². The zero-order valence-electron chi connectivity index (χ0n) is 10.4. The van der Waals surface area contributed by atoms with E-state index in [-0.39, 0.29) is 5.75 Å². The highest BCUT2D eigenvalue weighted by Gasteiger charge is 2.42. The maximum absolute atomic E-state index is 12.9. The molecule has 2 rings (SSSR count). The number of carbonyl (C=O) groups is 1. The van der Waals surface area contributed by atoms with E-state index in [0.717, 1.165) is 11.1 Å². The monoisotopic (exact) mass is 278 g/mol. The molecule has 0 aromatic heterocycles. The summed E-state index contributed by atoms with van der Waals surface area (Å²) in [6.07, 6.45) is -3.56. The van der Waals surface area contributed by atoms with Gasteiger partial charge in [0.15, 0.2) is 0 Å². The van der Waals surface area contributed by atoms with Crippen LogP contribution >= 0.6 is 0 Å². The van der Waals surface area contributed by atoms with E-state index in [1.807, 2.05) is 30.3 Å². The van der Waals surface area contributed by atoms with Crippen molar-refractivity contribution in [1.29, 1.82) is 0 Å². The van der Waals surface area contributed by atoms with Crippen molar-refractivity contribution < 1.29 is 23.4 Å². The topological polar surface area (TPSA) is 46.5 Å². The lowest BCUT2D eigenvalue weighted by molar-refractivity contribution is -0.210. The van der Waals surface area contributed by atoms with Crippen LogP contribution in [0.4, 0.5) is 8.78 Å². The summed E-state index contributed by atoms with van der Waals surface area (Å²) >= 11 is 0. The Kier molecular flexibility index (Phi) is 3.98. The summed E-state index contributed by atoms with van der Waals surface area (Å²) in [5.74, 6) is -2.50. The normalized spacial score (nSPS) is 11.1. The Morgan fingerprint density at radius 1 is 1.00 bits per heavy atom. The molecular weight excluding hydrogens is 266 g/mol. The first kappa shape index (κ1) is 14.0. The number of ether oxygens (including phenoxy) is 1. The van der Waals surface area contributed by atoms with E-state index in [9.17, 15) is 13.6 Å². The lowest BCUT2D eigenvalue weighted by Crippen LogP contribution is -2.34. The number of benzene rings is 2. The van der Waals surface area contributed by atoms with Gasteiger partial charge in [-0.1, -0.05) is 42.5 Å². The molecule has 0 saturated heterocycles. The molecule has 5 heteroatoms. The maximum atomic E-state index is 12.9. The number of hydrogen-bond donors (Lipinski definition) is 1. The fraction of sp³-hybridized carbons (Fsp3) is 0.133. The number of aliphatic carboxylic acids is 1. The molecule has 20 heavy (non-hydrogen) atoms. The molecule has 1 N–H and O–H groups in total. The SMILES string of the molecule is O=C(O)C(F)(F)Oc1ccc(Cc2ccccc2)cc1. The minimum absolute atomic E-state index is 0.186. The Hall–Kier alpha value is -2.43. The van der Waals surface area contributed by atoms with Gasteiger partial charge >= 0.3 is 12.1 Å². The second-order valence-electron chi connectivity index (χ2n) is 4.23. The van der Waals surface area contributed by atoms with Crippen molar-refractivity contribution in [2.75, 3.05) is 0 Å². The molecule has 0 radical (unpaired) electrons. The summed E-state index contributed by atoms with van der Waals surface area (Å²) in [7, 11) is 0. The quantitative estimate of drug-likeness (QED) is 0.912. The fourth-order valence-electron chi connectivity index (χ4n) is 1.70. The molecule has 0 atom stereocenters. The molecule has 0 spiro atoms. The predicted molar refractivity (Wildman–Crippen MR) is 68.9 cm³/mol. The zero-order valence-corrected chi connectivity index (χ0v) is 10.4. The van der Waals surface area contributed by atoms with Crippen molar-refractivity contribution in [1.82, 2.24) is 0 Å². The van der Waals surface area contributed by atoms with Gasteiger partial charge in [-0.25, -0.2) is 4.79 Å². The first-order chi connectivity index (χ1) is 9.47. The molecule has 0 heterocycles. The molecule has 0 aliphatic rings. The third kappa shape index (κ3) is 3.54. The fourth-order valence-corrected chi connectivity index (χ4v) is 1.70. The molecule has 0 amide bonds. The van der Waals surface area contributed by atoms with Crippen LogP contribution in [0.25, 0.3) is 0 Å². The van der Waals surface area contributed by atoms with Gasteiger partial charge < -0.3 is 9.84 Å².